The summed E-state index contributed by atoms with van der Waals surface area (Å²) in [5, 5.41) is 10.7. The second kappa shape index (κ2) is 3.76. The quantitative estimate of drug-likeness (QED) is 0.646. The summed E-state index contributed by atoms with van der Waals surface area (Å²) >= 11 is 0. The highest BCUT2D eigenvalue weighted by molar-refractivity contribution is 5.00. The lowest BCUT2D eigenvalue weighted by Crippen LogP contribution is -2.50. The first-order chi connectivity index (χ1) is 7.30. The third-order valence-corrected chi connectivity index (χ3v) is 5.50. The van der Waals surface area contributed by atoms with Crippen molar-refractivity contribution in [2.24, 2.45) is 17.8 Å². The molecule has 1 N–H and O–H groups in total. The van der Waals surface area contributed by atoms with E-state index in [0.717, 1.165) is 24.7 Å². The van der Waals surface area contributed by atoms with Gasteiger partial charge in [-0.15, -0.1) is 0 Å². The third-order valence-electron chi connectivity index (χ3n) is 5.50. The van der Waals surface area contributed by atoms with Crippen molar-refractivity contribution in [1.29, 1.82) is 0 Å². The van der Waals surface area contributed by atoms with Crippen molar-refractivity contribution in [3.8, 4) is 0 Å². The fourth-order valence-corrected chi connectivity index (χ4v) is 4.73. The fourth-order valence-electron chi connectivity index (χ4n) is 4.73. The predicted octanol–water partition coefficient (Wildman–Crippen LogP) is 3.51. The molecule has 3 fully saturated rings. The van der Waals surface area contributed by atoms with Crippen LogP contribution in [0.25, 0.3) is 0 Å². The van der Waals surface area contributed by atoms with Gasteiger partial charge in [-0.1, -0.05) is 32.1 Å². The normalized spacial score (nSPS) is 50.6. The second-order valence-corrected chi connectivity index (χ2v) is 6.20. The average Bonchev–Trinajstić information content (AvgIpc) is 2.28. The number of rotatable bonds is 0. The third kappa shape index (κ3) is 1.63. The molecule has 3 aliphatic carbocycles. The Morgan fingerprint density at radius 3 is 2.53 bits per heavy atom. The topological polar surface area (TPSA) is 20.2 Å². The minimum Gasteiger partial charge on any atom is -0.390 e. The van der Waals surface area contributed by atoms with Crippen LogP contribution in [0.15, 0.2) is 0 Å². The van der Waals surface area contributed by atoms with E-state index in [1.807, 2.05) is 0 Å². The smallest absolute Gasteiger partial charge is 0.0678 e. The molecule has 0 radical (unpaired) electrons. The predicted molar refractivity (Wildman–Crippen MR) is 61.6 cm³/mol. The van der Waals surface area contributed by atoms with Gasteiger partial charge >= 0.3 is 0 Å². The van der Waals surface area contributed by atoms with E-state index in [4.69, 9.17) is 0 Å². The highest BCUT2D eigenvalue weighted by Crippen LogP contribution is 2.53. The Kier molecular flexibility index (Phi) is 2.54. The summed E-state index contributed by atoms with van der Waals surface area (Å²) in [6, 6.07) is 0. The second-order valence-electron chi connectivity index (χ2n) is 6.20. The molecule has 0 aromatic heterocycles. The van der Waals surface area contributed by atoms with Gasteiger partial charge in [0.1, 0.15) is 0 Å². The van der Waals surface area contributed by atoms with Crippen molar-refractivity contribution in [3.05, 3.63) is 0 Å². The van der Waals surface area contributed by atoms with Crippen LogP contribution in [-0.4, -0.2) is 10.7 Å². The van der Waals surface area contributed by atoms with E-state index in [-0.39, 0.29) is 5.60 Å². The number of hydrogen-bond acceptors (Lipinski definition) is 1. The Hall–Kier alpha value is -0.0400. The Morgan fingerprint density at radius 1 is 0.800 bits per heavy atom. The zero-order valence-corrected chi connectivity index (χ0v) is 9.75. The lowest BCUT2D eigenvalue weighted by molar-refractivity contribution is -0.124. The van der Waals surface area contributed by atoms with Gasteiger partial charge in [0.2, 0.25) is 0 Å². The van der Waals surface area contributed by atoms with Crippen LogP contribution in [0.1, 0.15) is 64.2 Å². The molecular formula is C14H24O. The maximum atomic E-state index is 10.7. The minimum absolute atomic E-state index is 0.239. The van der Waals surface area contributed by atoms with Crippen LogP contribution in [0.3, 0.4) is 0 Å². The molecular weight excluding hydrogens is 184 g/mol. The molecule has 0 aromatic rings. The van der Waals surface area contributed by atoms with Crippen molar-refractivity contribution < 1.29 is 5.11 Å². The van der Waals surface area contributed by atoms with E-state index >= 15 is 0 Å². The van der Waals surface area contributed by atoms with E-state index in [0.29, 0.717) is 5.92 Å². The Labute approximate surface area is 93.3 Å². The van der Waals surface area contributed by atoms with E-state index in [2.05, 4.69) is 0 Å². The van der Waals surface area contributed by atoms with Gasteiger partial charge in [-0.2, -0.15) is 0 Å². The molecule has 3 aliphatic rings. The first kappa shape index (κ1) is 10.1. The molecule has 0 aliphatic heterocycles. The van der Waals surface area contributed by atoms with Gasteiger partial charge in [0.15, 0.2) is 0 Å². The van der Waals surface area contributed by atoms with Gasteiger partial charge < -0.3 is 5.11 Å². The number of fused-ring (bicyclic) bond motifs is 3. The summed E-state index contributed by atoms with van der Waals surface area (Å²) in [6.07, 6.45) is 13.2. The zero-order chi connectivity index (χ0) is 10.3. The molecule has 3 saturated carbocycles. The van der Waals surface area contributed by atoms with Gasteiger partial charge in [0.25, 0.3) is 0 Å². The van der Waals surface area contributed by atoms with Crippen LogP contribution in [0.4, 0.5) is 0 Å². The molecule has 0 bridgehead atoms. The van der Waals surface area contributed by atoms with E-state index in [9.17, 15) is 5.11 Å². The highest BCUT2D eigenvalue weighted by Gasteiger charge is 2.49. The Balaban J connectivity index is 1.81. The SMILES string of the molecule is OC12CCCCC1C1CCCCC1CC2. The van der Waals surface area contributed by atoms with Crippen molar-refractivity contribution in [2.75, 3.05) is 0 Å². The number of aliphatic hydroxyl groups is 1. The summed E-state index contributed by atoms with van der Waals surface area (Å²) in [5.41, 5.74) is -0.239. The molecule has 4 unspecified atom stereocenters. The fraction of sp³-hybridized carbons (Fsp3) is 1.00. The highest BCUT2D eigenvalue weighted by atomic mass is 16.3. The molecule has 0 saturated heterocycles. The first-order valence-electron chi connectivity index (χ1n) is 7.02. The van der Waals surface area contributed by atoms with Crippen LogP contribution in [-0.2, 0) is 0 Å². The molecule has 0 spiro atoms. The molecule has 86 valence electrons. The zero-order valence-electron chi connectivity index (χ0n) is 9.75. The Morgan fingerprint density at radius 2 is 1.60 bits per heavy atom. The van der Waals surface area contributed by atoms with Gasteiger partial charge in [0.05, 0.1) is 5.60 Å². The van der Waals surface area contributed by atoms with E-state index in [1.165, 1.54) is 51.4 Å². The van der Waals surface area contributed by atoms with Crippen molar-refractivity contribution >= 4 is 0 Å². The van der Waals surface area contributed by atoms with Crippen LogP contribution in [0.5, 0.6) is 0 Å². The summed E-state index contributed by atoms with van der Waals surface area (Å²) in [4.78, 5) is 0. The van der Waals surface area contributed by atoms with Crippen molar-refractivity contribution in [1.82, 2.24) is 0 Å². The lowest BCUT2D eigenvalue weighted by atomic mass is 9.56. The van der Waals surface area contributed by atoms with Gasteiger partial charge in [-0.25, -0.2) is 0 Å². The molecule has 1 nitrogen and oxygen atoms in total. The average molecular weight is 208 g/mol. The van der Waals surface area contributed by atoms with Crippen LogP contribution in [0.2, 0.25) is 0 Å². The lowest BCUT2D eigenvalue weighted by Gasteiger charge is -2.52. The summed E-state index contributed by atoms with van der Waals surface area (Å²) in [7, 11) is 0. The molecule has 4 atom stereocenters. The van der Waals surface area contributed by atoms with Crippen molar-refractivity contribution in [3.63, 3.8) is 0 Å². The molecule has 0 amide bonds. The summed E-state index contributed by atoms with van der Waals surface area (Å²) < 4.78 is 0. The van der Waals surface area contributed by atoms with Gasteiger partial charge in [-0.05, 0) is 49.9 Å². The first-order valence-corrected chi connectivity index (χ1v) is 7.02. The maximum Gasteiger partial charge on any atom is 0.0678 e. The van der Waals surface area contributed by atoms with Crippen LogP contribution in [0, 0.1) is 17.8 Å². The van der Waals surface area contributed by atoms with E-state index < -0.39 is 0 Å². The Bertz CT molecular complexity index is 237. The molecule has 3 rings (SSSR count). The largest absolute Gasteiger partial charge is 0.390 e. The summed E-state index contributed by atoms with van der Waals surface area (Å²) in [5.74, 6) is 2.53. The molecule has 0 heterocycles. The molecule has 0 aromatic carbocycles. The van der Waals surface area contributed by atoms with Crippen LogP contribution >= 0.6 is 0 Å². The maximum absolute atomic E-state index is 10.7. The van der Waals surface area contributed by atoms with Crippen LogP contribution < -0.4 is 0 Å². The number of hydrogen-bond donors (Lipinski definition) is 1. The summed E-state index contributed by atoms with van der Waals surface area (Å²) in [6.45, 7) is 0. The molecule has 15 heavy (non-hydrogen) atoms. The van der Waals surface area contributed by atoms with Gasteiger partial charge in [0, 0.05) is 0 Å². The van der Waals surface area contributed by atoms with Crippen molar-refractivity contribution in [2.45, 2.75) is 69.8 Å². The standard InChI is InChI=1S/C14H24O/c15-14-9-4-3-7-13(14)12-6-2-1-5-11(12)8-10-14/h11-13,15H,1-10H2. The molecule has 1 heteroatoms. The van der Waals surface area contributed by atoms with E-state index in [1.54, 1.807) is 0 Å². The minimum atomic E-state index is -0.239. The monoisotopic (exact) mass is 208 g/mol. The van der Waals surface area contributed by atoms with Gasteiger partial charge in [-0.3, -0.25) is 0 Å².